The largest absolute Gasteiger partial charge is 0.348 e. The fourth-order valence-corrected chi connectivity index (χ4v) is 4.98. The summed E-state index contributed by atoms with van der Waals surface area (Å²) in [7, 11) is 0. The zero-order valence-electron chi connectivity index (χ0n) is 18.9. The molecule has 2 aromatic carbocycles. The third kappa shape index (κ3) is 5.18. The molecule has 0 aliphatic carbocycles. The molecular weight excluding hydrogens is 421 g/mol. The van der Waals surface area contributed by atoms with Gasteiger partial charge in [0.05, 0.1) is 12.2 Å². The van der Waals surface area contributed by atoms with E-state index < -0.39 is 5.41 Å². The number of aromatic nitrogens is 1. The molecule has 0 saturated carbocycles. The lowest BCUT2D eigenvalue weighted by molar-refractivity contribution is -0.125. The highest BCUT2D eigenvalue weighted by Crippen LogP contribution is 2.32. The van der Waals surface area contributed by atoms with Crippen LogP contribution < -0.4 is 9.80 Å². The van der Waals surface area contributed by atoms with Crippen molar-refractivity contribution >= 4 is 28.1 Å². The number of anilines is 2. The lowest BCUT2D eigenvalue weighted by Gasteiger charge is -2.32. The van der Waals surface area contributed by atoms with Crippen molar-refractivity contribution in [3.63, 3.8) is 0 Å². The van der Waals surface area contributed by atoms with E-state index in [1.165, 1.54) is 17.7 Å². The van der Waals surface area contributed by atoms with E-state index >= 15 is 0 Å². The quantitative estimate of drug-likeness (QED) is 0.460. The van der Waals surface area contributed by atoms with Crippen molar-refractivity contribution < 1.29 is 9.18 Å². The summed E-state index contributed by atoms with van der Waals surface area (Å²) in [5.41, 5.74) is 2.41. The van der Waals surface area contributed by atoms with E-state index in [1.807, 2.05) is 26.2 Å². The molecule has 1 saturated heterocycles. The van der Waals surface area contributed by atoms with E-state index in [-0.39, 0.29) is 11.7 Å². The van der Waals surface area contributed by atoms with Gasteiger partial charge in [0.2, 0.25) is 5.91 Å². The summed E-state index contributed by atoms with van der Waals surface area (Å²) in [6, 6.07) is 16.8. The van der Waals surface area contributed by atoms with E-state index in [9.17, 15) is 9.18 Å². The first-order chi connectivity index (χ1) is 15.3. The average molecular weight is 452 g/mol. The number of amides is 1. The Kier molecular flexibility index (Phi) is 6.60. The van der Waals surface area contributed by atoms with Crippen molar-refractivity contribution in [1.82, 2.24) is 4.98 Å². The highest BCUT2D eigenvalue weighted by atomic mass is 32.1. The second-order valence-electron chi connectivity index (χ2n) is 9.41. The van der Waals surface area contributed by atoms with Gasteiger partial charge in [-0.2, -0.15) is 0 Å². The first kappa shape index (κ1) is 22.5. The number of piperidine rings is 1. The van der Waals surface area contributed by atoms with Crippen molar-refractivity contribution in [3.8, 4) is 0 Å². The van der Waals surface area contributed by atoms with E-state index in [1.54, 1.807) is 28.4 Å². The summed E-state index contributed by atoms with van der Waals surface area (Å²) in [6.07, 6.45) is 2.23. The van der Waals surface area contributed by atoms with Gasteiger partial charge >= 0.3 is 0 Å². The van der Waals surface area contributed by atoms with Crippen LogP contribution in [0.2, 0.25) is 0 Å². The molecule has 1 aliphatic heterocycles. The van der Waals surface area contributed by atoms with Crippen molar-refractivity contribution in [2.75, 3.05) is 22.9 Å². The van der Waals surface area contributed by atoms with Gasteiger partial charge in [0.15, 0.2) is 5.13 Å². The van der Waals surface area contributed by atoms with Crippen molar-refractivity contribution in [1.29, 1.82) is 0 Å². The fourth-order valence-electron chi connectivity index (χ4n) is 4.11. The van der Waals surface area contributed by atoms with Crippen LogP contribution >= 0.6 is 11.3 Å². The summed E-state index contributed by atoms with van der Waals surface area (Å²) >= 11 is 1.63. The van der Waals surface area contributed by atoms with Gasteiger partial charge in [0.1, 0.15) is 5.82 Å². The molecule has 1 aliphatic rings. The molecule has 168 valence electrons. The first-order valence-electron chi connectivity index (χ1n) is 11.1. The predicted molar refractivity (Wildman–Crippen MR) is 130 cm³/mol. The molecule has 0 spiro atoms. The number of hydrogen-bond acceptors (Lipinski definition) is 4. The first-order valence-corrected chi connectivity index (χ1v) is 12.0. The third-order valence-electron chi connectivity index (χ3n) is 5.92. The average Bonchev–Trinajstić information content (AvgIpc) is 3.26. The monoisotopic (exact) mass is 451 g/mol. The van der Waals surface area contributed by atoms with Crippen LogP contribution in [0.4, 0.5) is 15.2 Å². The molecule has 2 heterocycles. The van der Waals surface area contributed by atoms with Crippen LogP contribution in [0.1, 0.15) is 50.8 Å². The van der Waals surface area contributed by atoms with Crippen molar-refractivity contribution in [2.24, 2.45) is 5.41 Å². The fraction of sp³-hybridized carbons (Fsp3) is 0.385. The SMILES string of the molecule is CC(C)(C)C(=O)N(Cc1csc(N2CCC(c3ccccc3)CC2)n1)c1ccc(F)cc1. The van der Waals surface area contributed by atoms with Crippen LogP contribution in [0.5, 0.6) is 0 Å². The standard InChI is InChI=1S/C26H30FN3OS/c1-26(2,3)24(31)30(23-11-9-21(27)10-12-23)17-22-18-32-25(28-22)29-15-13-20(14-16-29)19-7-5-4-6-8-19/h4-12,18,20H,13-17H2,1-3H3. The van der Waals surface area contributed by atoms with Gasteiger partial charge in [-0.3, -0.25) is 4.79 Å². The summed E-state index contributed by atoms with van der Waals surface area (Å²) in [6.45, 7) is 8.03. The molecule has 0 unspecified atom stereocenters. The number of carbonyl (C=O) groups is 1. The molecular formula is C26H30FN3OS. The summed E-state index contributed by atoms with van der Waals surface area (Å²) in [5.74, 6) is 0.277. The molecule has 6 heteroatoms. The smallest absolute Gasteiger partial charge is 0.232 e. The molecule has 0 N–H and O–H groups in total. The number of carbonyl (C=O) groups excluding carboxylic acids is 1. The molecule has 4 nitrogen and oxygen atoms in total. The highest BCUT2D eigenvalue weighted by Gasteiger charge is 2.29. The number of nitrogens with zero attached hydrogens (tertiary/aromatic N) is 3. The topological polar surface area (TPSA) is 36.4 Å². The maximum Gasteiger partial charge on any atom is 0.232 e. The number of thiazole rings is 1. The zero-order chi connectivity index (χ0) is 22.7. The molecule has 0 bridgehead atoms. The molecule has 1 aromatic heterocycles. The molecule has 32 heavy (non-hydrogen) atoms. The Balaban J connectivity index is 1.46. The normalized spacial score (nSPS) is 15.1. The van der Waals surface area contributed by atoms with Gasteiger partial charge in [-0.1, -0.05) is 51.1 Å². The van der Waals surface area contributed by atoms with Crippen LogP contribution in [0.25, 0.3) is 0 Å². The van der Waals surface area contributed by atoms with E-state index in [0.717, 1.165) is 36.8 Å². The van der Waals surface area contributed by atoms with Crippen LogP contribution in [0.3, 0.4) is 0 Å². The number of benzene rings is 2. The van der Waals surface area contributed by atoms with E-state index in [0.29, 0.717) is 18.2 Å². The Morgan fingerprint density at radius 3 is 2.38 bits per heavy atom. The number of halogens is 1. The Morgan fingerprint density at radius 1 is 1.09 bits per heavy atom. The Labute approximate surface area is 193 Å². The Bertz CT molecular complexity index is 1030. The van der Waals surface area contributed by atoms with E-state index in [4.69, 9.17) is 4.98 Å². The van der Waals surface area contributed by atoms with Gasteiger partial charge in [0.25, 0.3) is 0 Å². The van der Waals surface area contributed by atoms with Crippen LogP contribution in [0.15, 0.2) is 60.0 Å². The van der Waals surface area contributed by atoms with Crippen molar-refractivity contribution in [3.05, 3.63) is 77.1 Å². The Morgan fingerprint density at radius 2 is 1.75 bits per heavy atom. The molecule has 0 radical (unpaired) electrons. The molecule has 0 atom stereocenters. The van der Waals surface area contributed by atoms with Gasteiger partial charge in [-0.15, -0.1) is 11.3 Å². The minimum Gasteiger partial charge on any atom is -0.348 e. The lowest BCUT2D eigenvalue weighted by atomic mass is 9.90. The number of hydrogen-bond donors (Lipinski definition) is 0. The minimum atomic E-state index is -0.549. The predicted octanol–water partition coefficient (Wildman–Crippen LogP) is 6.25. The highest BCUT2D eigenvalue weighted by molar-refractivity contribution is 7.13. The van der Waals surface area contributed by atoms with Crippen molar-refractivity contribution in [2.45, 2.75) is 46.1 Å². The third-order valence-corrected chi connectivity index (χ3v) is 6.87. The minimum absolute atomic E-state index is 0.0117. The summed E-state index contributed by atoms with van der Waals surface area (Å²) in [5, 5.41) is 3.04. The maximum atomic E-state index is 13.4. The second-order valence-corrected chi connectivity index (χ2v) is 10.2. The van der Waals surface area contributed by atoms with Gasteiger partial charge in [-0.25, -0.2) is 9.37 Å². The maximum absolute atomic E-state index is 13.4. The molecule has 1 fully saturated rings. The van der Waals surface area contributed by atoms with Crippen LogP contribution in [0, 0.1) is 11.2 Å². The zero-order valence-corrected chi connectivity index (χ0v) is 19.7. The molecule has 4 rings (SSSR count). The Hall–Kier alpha value is -2.73. The van der Waals surface area contributed by atoms with Crippen LogP contribution in [-0.4, -0.2) is 24.0 Å². The lowest BCUT2D eigenvalue weighted by Crippen LogP contribution is -2.39. The second kappa shape index (κ2) is 9.41. The van der Waals surface area contributed by atoms with E-state index in [2.05, 4.69) is 35.2 Å². The van der Waals surface area contributed by atoms with Gasteiger partial charge < -0.3 is 9.80 Å². The van der Waals surface area contributed by atoms with Gasteiger partial charge in [-0.05, 0) is 48.6 Å². The molecule has 3 aromatic rings. The molecule has 1 amide bonds. The summed E-state index contributed by atoms with van der Waals surface area (Å²) in [4.78, 5) is 22.0. The number of rotatable bonds is 5. The van der Waals surface area contributed by atoms with Gasteiger partial charge in [0, 0.05) is 29.6 Å². The van der Waals surface area contributed by atoms with Crippen LogP contribution in [-0.2, 0) is 11.3 Å². The summed E-state index contributed by atoms with van der Waals surface area (Å²) < 4.78 is 13.4.